The van der Waals surface area contributed by atoms with Crippen LogP contribution in [0.3, 0.4) is 0 Å². The number of ether oxygens (including phenoxy) is 1. The zero-order valence-electron chi connectivity index (χ0n) is 11.1. The predicted octanol–water partition coefficient (Wildman–Crippen LogP) is 3.58. The summed E-state index contributed by atoms with van der Waals surface area (Å²) in [6.07, 6.45) is 2.23. The molecule has 0 spiro atoms. The van der Waals surface area contributed by atoms with Crippen molar-refractivity contribution >= 4 is 11.9 Å². The number of carbonyl (C=O) groups is 1. The van der Waals surface area contributed by atoms with Gasteiger partial charge in [0.15, 0.2) is 5.78 Å². The standard InChI is InChI=1S/C16H12F2O3/c1-21-12-4-5-13(16(20)9-12)15(19)7-2-10-8-11(17)3-6-14(10)18/h2-9,20H,1H3/b7-2+. The van der Waals surface area contributed by atoms with Gasteiger partial charge in [0.05, 0.1) is 12.7 Å². The average molecular weight is 290 g/mol. The van der Waals surface area contributed by atoms with Crippen LogP contribution in [0.25, 0.3) is 6.08 Å². The van der Waals surface area contributed by atoms with E-state index >= 15 is 0 Å². The molecule has 0 fully saturated rings. The second-order valence-corrected chi connectivity index (χ2v) is 4.25. The number of phenolic OH excluding ortho intramolecular Hbond substituents is 1. The molecular weight excluding hydrogens is 278 g/mol. The Balaban J connectivity index is 2.25. The minimum Gasteiger partial charge on any atom is -0.507 e. The van der Waals surface area contributed by atoms with Crippen molar-refractivity contribution in [3.63, 3.8) is 0 Å². The molecule has 0 aliphatic rings. The maximum atomic E-state index is 13.4. The number of hydrogen-bond donors (Lipinski definition) is 1. The van der Waals surface area contributed by atoms with Crippen LogP contribution in [-0.2, 0) is 0 Å². The lowest BCUT2D eigenvalue weighted by atomic mass is 10.1. The van der Waals surface area contributed by atoms with Crippen LogP contribution in [0.1, 0.15) is 15.9 Å². The molecule has 0 amide bonds. The normalized spacial score (nSPS) is 10.8. The Morgan fingerprint density at radius 1 is 1.19 bits per heavy atom. The van der Waals surface area contributed by atoms with Crippen LogP contribution in [0.2, 0.25) is 0 Å². The lowest BCUT2D eigenvalue weighted by Crippen LogP contribution is -1.96. The number of allylic oxidation sites excluding steroid dienone is 1. The lowest BCUT2D eigenvalue weighted by Gasteiger charge is -2.04. The number of aromatic hydroxyl groups is 1. The van der Waals surface area contributed by atoms with E-state index in [1.54, 1.807) is 0 Å². The third kappa shape index (κ3) is 3.45. The molecule has 0 atom stereocenters. The van der Waals surface area contributed by atoms with Crippen molar-refractivity contribution in [3.8, 4) is 11.5 Å². The topological polar surface area (TPSA) is 46.5 Å². The van der Waals surface area contributed by atoms with E-state index in [-0.39, 0.29) is 16.9 Å². The number of rotatable bonds is 4. The predicted molar refractivity (Wildman–Crippen MR) is 74.4 cm³/mol. The summed E-state index contributed by atoms with van der Waals surface area (Å²) < 4.78 is 31.3. The highest BCUT2D eigenvalue weighted by molar-refractivity contribution is 6.08. The van der Waals surface area contributed by atoms with Crippen LogP contribution in [0, 0.1) is 11.6 Å². The molecule has 0 saturated heterocycles. The molecule has 2 aromatic rings. The second kappa shape index (κ2) is 6.17. The molecule has 0 unspecified atom stereocenters. The van der Waals surface area contributed by atoms with E-state index in [0.29, 0.717) is 5.75 Å². The van der Waals surface area contributed by atoms with Gasteiger partial charge in [0.25, 0.3) is 0 Å². The lowest BCUT2D eigenvalue weighted by molar-refractivity contribution is 0.104. The second-order valence-electron chi connectivity index (χ2n) is 4.25. The van der Waals surface area contributed by atoms with Crippen LogP contribution < -0.4 is 4.74 Å². The first-order chi connectivity index (χ1) is 10.0. The van der Waals surface area contributed by atoms with E-state index in [0.717, 1.165) is 30.4 Å². The Morgan fingerprint density at radius 2 is 1.95 bits per heavy atom. The first-order valence-corrected chi connectivity index (χ1v) is 6.05. The van der Waals surface area contributed by atoms with E-state index in [2.05, 4.69) is 0 Å². The molecule has 0 aliphatic heterocycles. The van der Waals surface area contributed by atoms with Crippen molar-refractivity contribution in [2.75, 3.05) is 7.11 Å². The van der Waals surface area contributed by atoms with E-state index in [1.807, 2.05) is 0 Å². The summed E-state index contributed by atoms with van der Waals surface area (Å²) in [5, 5.41) is 9.72. The highest BCUT2D eigenvalue weighted by Crippen LogP contribution is 2.24. The van der Waals surface area contributed by atoms with Crippen molar-refractivity contribution in [3.05, 3.63) is 65.2 Å². The molecule has 0 saturated carbocycles. The van der Waals surface area contributed by atoms with Crippen molar-refractivity contribution in [1.82, 2.24) is 0 Å². The Labute approximate surface area is 120 Å². The SMILES string of the molecule is COc1ccc(C(=O)/C=C/c2cc(F)ccc2F)c(O)c1. The molecule has 108 valence electrons. The summed E-state index contributed by atoms with van der Waals surface area (Å²) in [6, 6.07) is 7.15. The first kappa shape index (κ1) is 14.7. The van der Waals surface area contributed by atoms with Crippen LogP contribution in [0.4, 0.5) is 8.78 Å². The monoisotopic (exact) mass is 290 g/mol. The highest BCUT2D eigenvalue weighted by atomic mass is 19.1. The smallest absolute Gasteiger partial charge is 0.189 e. The van der Waals surface area contributed by atoms with Crippen LogP contribution in [0.5, 0.6) is 11.5 Å². The van der Waals surface area contributed by atoms with Gasteiger partial charge in [-0.05, 0) is 42.5 Å². The molecule has 5 heteroatoms. The molecule has 2 aromatic carbocycles. The first-order valence-electron chi connectivity index (χ1n) is 6.05. The Kier molecular flexibility index (Phi) is 4.33. The fourth-order valence-corrected chi connectivity index (χ4v) is 1.74. The van der Waals surface area contributed by atoms with E-state index in [9.17, 15) is 18.7 Å². The van der Waals surface area contributed by atoms with Gasteiger partial charge in [-0.1, -0.05) is 0 Å². The van der Waals surface area contributed by atoms with Crippen molar-refractivity contribution in [2.24, 2.45) is 0 Å². The van der Waals surface area contributed by atoms with Crippen LogP contribution >= 0.6 is 0 Å². The van der Waals surface area contributed by atoms with Crippen molar-refractivity contribution < 1.29 is 23.4 Å². The van der Waals surface area contributed by atoms with Gasteiger partial charge in [-0.2, -0.15) is 0 Å². The summed E-state index contributed by atoms with van der Waals surface area (Å²) in [4.78, 5) is 11.9. The summed E-state index contributed by atoms with van der Waals surface area (Å²) in [5.41, 5.74) is 0.000197. The number of methoxy groups -OCH3 is 1. The maximum absolute atomic E-state index is 13.4. The molecule has 1 N–H and O–H groups in total. The summed E-state index contributed by atoms with van der Waals surface area (Å²) in [7, 11) is 1.43. The zero-order chi connectivity index (χ0) is 15.4. The quantitative estimate of drug-likeness (QED) is 0.691. The third-order valence-electron chi connectivity index (χ3n) is 2.84. The van der Waals surface area contributed by atoms with Crippen molar-refractivity contribution in [2.45, 2.75) is 0 Å². The van der Waals surface area contributed by atoms with Gasteiger partial charge in [0.1, 0.15) is 23.1 Å². The van der Waals surface area contributed by atoms with Gasteiger partial charge in [-0.25, -0.2) is 8.78 Å². The number of carbonyl (C=O) groups excluding carboxylic acids is 1. The van der Waals surface area contributed by atoms with E-state index in [1.165, 1.54) is 25.3 Å². The number of halogens is 2. The van der Waals surface area contributed by atoms with Gasteiger partial charge >= 0.3 is 0 Å². The highest BCUT2D eigenvalue weighted by Gasteiger charge is 2.09. The van der Waals surface area contributed by atoms with Gasteiger partial charge < -0.3 is 9.84 Å². The Morgan fingerprint density at radius 3 is 2.62 bits per heavy atom. The summed E-state index contributed by atoms with van der Waals surface area (Å²) >= 11 is 0. The fraction of sp³-hybridized carbons (Fsp3) is 0.0625. The van der Waals surface area contributed by atoms with Crippen LogP contribution in [0.15, 0.2) is 42.5 Å². The molecule has 0 bridgehead atoms. The summed E-state index contributed by atoms with van der Waals surface area (Å²) in [6.45, 7) is 0. The molecule has 0 radical (unpaired) electrons. The van der Waals surface area contributed by atoms with Crippen molar-refractivity contribution in [1.29, 1.82) is 0 Å². The number of ketones is 1. The van der Waals surface area contributed by atoms with Gasteiger partial charge in [0.2, 0.25) is 0 Å². The minimum atomic E-state index is -0.639. The average Bonchev–Trinajstić information content (AvgIpc) is 2.47. The molecule has 21 heavy (non-hydrogen) atoms. The molecule has 3 nitrogen and oxygen atoms in total. The van der Waals surface area contributed by atoms with E-state index < -0.39 is 17.4 Å². The van der Waals surface area contributed by atoms with Gasteiger partial charge in [0, 0.05) is 11.6 Å². The molecule has 2 rings (SSSR count). The number of benzene rings is 2. The maximum Gasteiger partial charge on any atom is 0.189 e. The third-order valence-corrected chi connectivity index (χ3v) is 2.84. The Bertz CT molecular complexity index is 709. The molecule has 0 aromatic heterocycles. The zero-order valence-corrected chi connectivity index (χ0v) is 11.1. The fourth-order valence-electron chi connectivity index (χ4n) is 1.74. The molecular formula is C16H12F2O3. The Hall–Kier alpha value is -2.69. The molecule has 0 heterocycles. The molecule has 0 aliphatic carbocycles. The van der Waals surface area contributed by atoms with Gasteiger partial charge in [-0.3, -0.25) is 4.79 Å². The van der Waals surface area contributed by atoms with Crippen LogP contribution in [-0.4, -0.2) is 18.0 Å². The van der Waals surface area contributed by atoms with Gasteiger partial charge in [-0.15, -0.1) is 0 Å². The number of hydrogen-bond acceptors (Lipinski definition) is 3. The summed E-state index contributed by atoms with van der Waals surface area (Å²) in [5.74, 6) is -1.61. The van der Waals surface area contributed by atoms with E-state index in [4.69, 9.17) is 4.74 Å². The minimum absolute atomic E-state index is 0.0450. The number of phenols is 1. The largest absolute Gasteiger partial charge is 0.507 e.